The molecule has 0 aliphatic carbocycles. The van der Waals surface area contributed by atoms with Crippen molar-refractivity contribution < 1.29 is 4.74 Å². The highest BCUT2D eigenvalue weighted by molar-refractivity contribution is 9.09. The van der Waals surface area contributed by atoms with Gasteiger partial charge in [-0.05, 0) is 19.4 Å². The minimum absolute atomic E-state index is 0.347. The molecule has 0 spiro atoms. The molecule has 0 saturated carbocycles. The zero-order valence-electron chi connectivity index (χ0n) is 11.6. The minimum atomic E-state index is 0.347. The molecule has 0 radical (unpaired) electrons. The lowest BCUT2D eigenvalue weighted by atomic mass is 10.0. The molecule has 1 atom stereocenters. The lowest BCUT2D eigenvalue weighted by Crippen LogP contribution is -2.12. The van der Waals surface area contributed by atoms with Crippen molar-refractivity contribution in [1.82, 2.24) is 9.78 Å². The molecule has 0 bridgehead atoms. The molecule has 1 aromatic heterocycles. The number of halogens is 1. The number of alkyl halides is 1. The summed E-state index contributed by atoms with van der Waals surface area (Å²) >= 11 is 3.57. The first kappa shape index (κ1) is 14.1. The van der Waals surface area contributed by atoms with Crippen LogP contribution in [0.4, 0.5) is 0 Å². The third-order valence-electron chi connectivity index (χ3n) is 3.33. The van der Waals surface area contributed by atoms with Gasteiger partial charge in [-0.3, -0.25) is 4.68 Å². The van der Waals surface area contributed by atoms with Crippen LogP contribution in [0.1, 0.15) is 22.9 Å². The van der Waals surface area contributed by atoms with Gasteiger partial charge in [-0.2, -0.15) is 5.10 Å². The molecular weight excluding hydrogens is 304 g/mol. The van der Waals surface area contributed by atoms with Crippen molar-refractivity contribution in [3.63, 3.8) is 0 Å². The average Bonchev–Trinajstić information content (AvgIpc) is 2.66. The van der Waals surface area contributed by atoms with Gasteiger partial charge in [0.1, 0.15) is 5.69 Å². The molecule has 2 rings (SSSR count). The Morgan fingerprint density at radius 3 is 2.47 bits per heavy atom. The Morgan fingerprint density at radius 1 is 1.26 bits per heavy atom. The molecule has 0 amide bonds. The van der Waals surface area contributed by atoms with Crippen molar-refractivity contribution in [2.45, 2.75) is 19.8 Å². The molecule has 19 heavy (non-hydrogen) atoms. The molecule has 1 aromatic carbocycles. The maximum atomic E-state index is 5.98. The normalized spacial score (nSPS) is 12.4. The van der Waals surface area contributed by atoms with Crippen LogP contribution in [0.25, 0.3) is 0 Å². The van der Waals surface area contributed by atoms with E-state index in [9.17, 15) is 0 Å². The Hall–Kier alpha value is -1.29. The summed E-state index contributed by atoms with van der Waals surface area (Å²) in [5.74, 6) is 1.25. The number of benzene rings is 1. The second-order valence-electron chi connectivity index (χ2n) is 4.70. The van der Waals surface area contributed by atoms with Crippen molar-refractivity contribution in [2.24, 2.45) is 7.05 Å². The fourth-order valence-electron chi connectivity index (χ4n) is 2.10. The summed E-state index contributed by atoms with van der Waals surface area (Å²) in [6.45, 7) is 4.66. The molecule has 1 unspecified atom stereocenters. The SMILES string of the molecule is Cc1nn(C)c(C)c1OCC(CBr)c1ccccc1. The number of nitrogens with zero attached hydrogens (tertiary/aromatic N) is 2. The second-order valence-corrected chi connectivity index (χ2v) is 5.34. The highest BCUT2D eigenvalue weighted by Gasteiger charge is 2.15. The van der Waals surface area contributed by atoms with Crippen molar-refractivity contribution in [3.05, 3.63) is 47.3 Å². The largest absolute Gasteiger partial charge is 0.489 e. The Balaban J connectivity index is 2.08. The van der Waals surface area contributed by atoms with Crippen LogP contribution in [0, 0.1) is 13.8 Å². The van der Waals surface area contributed by atoms with Crippen LogP contribution < -0.4 is 4.74 Å². The summed E-state index contributed by atoms with van der Waals surface area (Å²) in [5.41, 5.74) is 3.30. The Labute approximate surface area is 122 Å². The number of ether oxygens (including phenoxy) is 1. The van der Waals surface area contributed by atoms with Gasteiger partial charge in [0.15, 0.2) is 5.75 Å². The first-order valence-electron chi connectivity index (χ1n) is 6.37. The molecule has 1 heterocycles. The van der Waals surface area contributed by atoms with E-state index in [2.05, 4.69) is 45.3 Å². The highest BCUT2D eigenvalue weighted by atomic mass is 79.9. The summed E-state index contributed by atoms with van der Waals surface area (Å²) in [7, 11) is 1.94. The highest BCUT2D eigenvalue weighted by Crippen LogP contribution is 2.25. The summed E-state index contributed by atoms with van der Waals surface area (Å²) in [5, 5.41) is 5.25. The fraction of sp³-hybridized carbons (Fsp3) is 0.400. The van der Waals surface area contributed by atoms with Crippen LogP contribution in [-0.2, 0) is 7.05 Å². The van der Waals surface area contributed by atoms with Crippen LogP contribution in [0.15, 0.2) is 30.3 Å². The number of hydrogen-bond donors (Lipinski definition) is 0. The van der Waals surface area contributed by atoms with Gasteiger partial charge in [0.05, 0.1) is 12.3 Å². The Morgan fingerprint density at radius 2 is 1.95 bits per heavy atom. The number of rotatable bonds is 5. The number of aryl methyl sites for hydroxylation is 2. The van der Waals surface area contributed by atoms with E-state index in [-0.39, 0.29) is 0 Å². The standard InChI is InChI=1S/C15H19BrN2O/c1-11-15(12(2)18(3)17-11)19-10-14(9-16)13-7-5-4-6-8-13/h4-8,14H,9-10H2,1-3H3. The molecule has 0 fully saturated rings. The average molecular weight is 323 g/mol. The van der Waals surface area contributed by atoms with E-state index in [1.165, 1.54) is 5.56 Å². The first-order chi connectivity index (χ1) is 9.13. The summed E-state index contributed by atoms with van der Waals surface area (Å²) in [6.07, 6.45) is 0. The quantitative estimate of drug-likeness (QED) is 0.786. The molecule has 0 aliphatic rings. The lowest BCUT2D eigenvalue weighted by Gasteiger charge is -2.15. The zero-order valence-corrected chi connectivity index (χ0v) is 13.1. The molecule has 2 aromatic rings. The molecule has 102 valence electrons. The maximum Gasteiger partial charge on any atom is 0.162 e. The van der Waals surface area contributed by atoms with Crippen LogP contribution >= 0.6 is 15.9 Å². The van der Waals surface area contributed by atoms with Crippen molar-refractivity contribution >= 4 is 15.9 Å². The Bertz CT molecular complexity index is 537. The number of hydrogen-bond acceptors (Lipinski definition) is 2. The van der Waals surface area contributed by atoms with E-state index in [1.807, 2.05) is 31.6 Å². The molecule has 0 aliphatic heterocycles. The fourth-order valence-corrected chi connectivity index (χ4v) is 2.66. The van der Waals surface area contributed by atoms with Crippen LogP contribution in [-0.4, -0.2) is 21.7 Å². The van der Waals surface area contributed by atoms with Crippen molar-refractivity contribution in [2.75, 3.05) is 11.9 Å². The predicted molar refractivity (Wildman–Crippen MR) is 81.2 cm³/mol. The Kier molecular flexibility index (Phi) is 4.64. The summed E-state index contributed by atoms with van der Waals surface area (Å²) in [4.78, 5) is 0. The predicted octanol–water partition coefficient (Wildman–Crippen LogP) is 3.59. The monoisotopic (exact) mass is 322 g/mol. The molecule has 0 N–H and O–H groups in total. The van der Waals surface area contributed by atoms with Crippen LogP contribution in [0.2, 0.25) is 0 Å². The van der Waals surface area contributed by atoms with Gasteiger partial charge in [-0.1, -0.05) is 46.3 Å². The lowest BCUT2D eigenvalue weighted by molar-refractivity contribution is 0.294. The van der Waals surface area contributed by atoms with E-state index in [4.69, 9.17) is 4.74 Å². The third kappa shape index (κ3) is 3.18. The first-order valence-corrected chi connectivity index (χ1v) is 7.49. The molecular formula is C15H19BrN2O. The summed E-state index contributed by atoms with van der Waals surface area (Å²) in [6, 6.07) is 10.4. The second kappa shape index (κ2) is 6.24. The van der Waals surface area contributed by atoms with Gasteiger partial charge in [0.25, 0.3) is 0 Å². The van der Waals surface area contributed by atoms with Crippen molar-refractivity contribution in [1.29, 1.82) is 0 Å². The molecule has 4 heteroatoms. The van der Waals surface area contributed by atoms with Gasteiger partial charge in [-0.25, -0.2) is 0 Å². The van der Waals surface area contributed by atoms with E-state index in [0.717, 1.165) is 22.5 Å². The van der Waals surface area contributed by atoms with Gasteiger partial charge in [-0.15, -0.1) is 0 Å². The smallest absolute Gasteiger partial charge is 0.162 e. The van der Waals surface area contributed by atoms with Gasteiger partial charge >= 0.3 is 0 Å². The maximum absolute atomic E-state index is 5.98. The minimum Gasteiger partial charge on any atom is -0.489 e. The summed E-state index contributed by atoms with van der Waals surface area (Å²) < 4.78 is 7.84. The van der Waals surface area contributed by atoms with E-state index < -0.39 is 0 Å². The van der Waals surface area contributed by atoms with Crippen LogP contribution in [0.3, 0.4) is 0 Å². The van der Waals surface area contributed by atoms with Gasteiger partial charge in [0.2, 0.25) is 0 Å². The number of aromatic nitrogens is 2. The third-order valence-corrected chi connectivity index (χ3v) is 4.11. The zero-order chi connectivity index (χ0) is 13.8. The molecule has 0 saturated heterocycles. The van der Waals surface area contributed by atoms with Gasteiger partial charge < -0.3 is 4.74 Å². The van der Waals surface area contributed by atoms with Crippen LogP contribution in [0.5, 0.6) is 5.75 Å². The van der Waals surface area contributed by atoms with E-state index in [1.54, 1.807) is 0 Å². The van der Waals surface area contributed by atoms with E-state index in [0.29, 0.717) is 12.5 Å². The molecule has 3 nitrogen and oxygen atoms in total. The van der Waals surface area contributed by atoms with E-state index >= 15 is 0 Å². The van der Waals surface area contributed by atoms with Crippen molar-refractivity contribution in [3.8, 4) is 5.75 Å². The topological polar surface area (TPSA) is 27.1 Å². The van der Waals surface area contributed by atoms with Gasteiger partial charge in [0, 0.05) is 18.3 Å².